The van der Waals surface area contributed by atoms with Crippen molar-refractivity contribution in [2.24, 2.45) is 0 Å². The van der Waals surface area contributed by atoms with E-state index in [0.29, 0.717) is 25.9 Å². The largest absolute Gasteiger partial charge is 0.280 e. The van der Waals surface area contributed by atoms with E-state index < -0.39 is 15.7 Å². The molecule has 0 amide bonds. The van der Waals surface area contributed by atoms with Gasteiger partial charge in [0.2, 0.25) is 0 Å². The van der Waals surface area contributed by atoms with E-state index in [1.807, 2.05) is 0 Å². The number of piperidine rings is 1. The average molecular weight is 299 g/mol. The minimum Gasteiger partial charge on any atom is -0.196 e. The lowest BCUT2D eigenvalue weighted by atomic mass is 9.86. The van der Waals surface area contributed by atoms with Crippen molar-refractivity contribution >= 4 is 10.2 Å². The summed E-state index contributed by atoms with van der Waals surface area (Å²) in [6.07, 6.45) is 9.43. The van der Waals surface area contributed by atoms with Crippen LogP contribution in [0.5, 0.6) is 0 Å². The van der Waals surface area contributed by atoms with Crippen LogP contribution in [-0.2, 0) is 10.2 Å². The topological polar surface area (TPSA) is 73.2 Å². The van der Waals surface area contributed by atoms with Crippen LogP contribution in [0.1, 0.15) is 64.2 Å². The Balaban J connectivity index is 2.08. The molecule has 20 heavy (non-hydrogen) atoms. The molecule has 114 valence electrons. The van der Waals surface area contributed by atoms with Gasteiger partial charge in [0, 0.05) is 13.1 Å². The Labute approximate surface area is 122 Å². The standard InChI is InChI=1S/C14H25N3O2S/c15-13-14(9-5-2-1-3-6-10-14)16-20(18,19)17-11-7-4-8-12-17/h16H,1-12H2. The summed E-state index contributed by atoms with van der Waals surface area (Å²) < 4.78 is 29.2. The van der Waals surface area contributed by atoms with Gasteiger partial charge < -0.3 is 0 Å². The Kier molecular flexibility index (Phi) is 5.42. The van der Waals surface area contributed by atoms with Crippen molar-refractivity contribution in [2.75, 3.05) is 13.1 Å². The Morgan fingerprint density at radius 1 is 0.900 bits per heavy atom. The van der Waals surface area contributed by atoms with E-state index in [2.05, 4.69) is 10.8 Å². The molecule has 2 rings (SSSR count). The van der Waals surface area contributed by atoms with Gasteiger partial charge in [0.05, 0.1) is 6.07 Å². The van der Waals surface area contributed by atoms with Crippen LogP contribution in [0.4, 0.5) is 0 Å². The molecule has 0 aromatic rings. The average Bonchev–Trinajstić information content (AvgIpc) is 2.43. The fourth-order valence-corrected chi connectivity index (χ4v) is 4.77. The first-order valence-corrected chi connectivity index (χ1v) is 9.22. The molecular formula is C14H25N3O2S. The van der Waals surface area contributed by atoms with Gasteiger partial charge in [0.1, 0.15) is 5.54 Å². The van der Waals surface area contributed by atoms with Crippen molar-refractivity contribution in [1.29, 1.82) is 5.26 Å². The van der Waals surface area contributed by atoms with E-state index in [9.17, 15) is 13.7 Å². The Morgan fingerprint density at radius 2 is 1.40 bits per heavy atom. The molecule has 1 heterocycles. The molecule has 0 bridgehead atoms. The third kappa shape index (κ3) is 3.94. The number of nitriles is 1. The second-order valence-electron chi connectivity index (χ2n) is 6.03. The zero-order valence-electron chi connectivity index (χ0n) is 12.1. The van der Waals surface area contributed by atoms with Gasteiger partial charge >= 0.3 is 0 Å². The first kappa shape index (κ1) is 15.7. The molecule has 0 atom stereocenters. The van der Waals surface area contributed by atoms with Crippen LogP contribution in [0.15, 0.2) is 0 Å². The zero-order chi connectivity index (χ0) is 14.5. The lowest BCUT2D eigenvalue weighted by Gasteiger charge is -2.33. The predicted octanol–water partition coefficient (Wildman–Crippen LogP) is 2.31. The molecule has 1 N–H and O–H groups in total. The predicted molar refractivity (Wildman–Crippen MR) is 78.1 cm³/mol. The first-order valence-electron chi connectivity index (χ1n) is 7.78. The van der Waals surface area contributed by atoms with Gasteiger partial charge in [-0.1, -0.05) is 38.5 Å². The van der Waals surface area contributed by atoms with Crippen molar-refractivity contribution in [1.82, 2.24) is 9.03 Å². The van der Waals surface area contributed by atoms with Gasteiger partial charge in [-0.25, -0.2) is 0 Å². The molecule has 6 heteroatoms. The van der Waals surface area contributed by atoms with Crippen LogP contribution in [-0.4, -0.2) is 31.4 Å². The third-order valence-corrected chi connectivity index (χ3v) is 6.09. The summed E-state index contributed by atoms with van der Waals surface area (Å²) in [6.45, 7) is 1.16. The number of nitrogens with one attached hydrogen (secondary N) is 1. The van der Waals surface area contributed by atoms with E-state index in [1.54, 1.807) is 0 Å². The van der Waals surface area contributed by atoms with Gasteiger partial charge in [-0.3, -0.25) is 0 Å². The molecule has 5 nitrogen and oxygen atoms in total. The highest BCUT2D eigenvalue weighted by Crippen LogP contribution is 2.27. The van der Waals surface area contributed by atoms with Crippen molar-refractivity contribution in [2.45, 2.75) is 69.7 Å². The van der Waals surface area contributed by atoms with Crippen LogP contribution in [0.25, 0.3) is 0 Å². The van der Waals surface area contributed by atoms with Crippen molar-refractivity contribution < 1.29 is 8.42 Å². The summed E-state index contributed by atoms with van der Waals surface area (Å²) in [7, 11) is -3.52. The highest BCUT2D eigenvalue weighted by Gasteiger charge is 2.37. The molecule has 0 radical (unpaired) electrons. The van der Waals surface area contributed by atoms with E-state index in [0.717, 1.165) is 44.9 Å². The van der Waals surface area contributed by atoms with Gasteiger partial charge in [-0.05, 0) is 25.7 Å². The van der Waals surface area contributed by atoms with E-state index in [4.69, 9.17) is 0 Å². The maximum atomic E-state index is 12.5. The number of hydrogen-bond acceptors (Lipinski definition) is 3. The molecule has 0 unspecified atom stereocenters. The number of nitrogens with zero attached hydrogens (tertiary/aromatic N) is 2. The second kappa shape index (κ2) is 6.88. The van der Waals surface area contributed by atoms with Crippen LogP contribution in [0.3, 0.4) is 0 Å². The van der Waals surface area contributed by atoms with Crippen molar-refractivity contribution in [3.8, 4) is 6.07 Å². The number of hydrogen-bond donors (Lipinski definition) is 1. The fraction of sp³-hybridized carbons (Fsp3) is 0.929. The summed E-state index contributed by atoms with van der Waals surface area (Å²) in [6, 6.07) is 2.26. The third-order valence-electron chi connectivity index (χ3n) is 4.40. The Bertz CT molecular complexity index is 442. The quantitative estimate of drug-likeness (QED) is 0.869. The lowest BCUT2D eigenvalue weighted by molar-refractivity contribution is 0.314. The normalized spacial score (nSPS) is 25.4. The highest BCUT2D eigenvalue weighted by molar-refractivity contribution is 7.87. The molecule has 1 aliphatic carbocycles. The SMILES string of the molecule is N#CC1(NS(=O)(=O)N2CCCCC2)CCCCCCC1. The van der Waals surface area contributed by atoms with Gasteiger partial charge in [0.15, 0.2) is 0 Å². The summed E-state index contributed by atoms with van der Waals surface area (Å²) in [5, 5.41) is 9.52. The zero-order valence-corrected chi connectivity index (χ0v) is 12.9. The maximum Gasteiger partial charge on any atom is 0.280 e. The van der Waals surface area contributed by atoms with Gasteiger partial charge in [0.25, 0.3) is 10.2 Å². The molecule has 0 spiro atoms. The maximum absolute atomic E-state index is 12.5. The van der Waals surface area contributed by atoms with Gasteiger partial charge in [-0.2, -0.15) is 22.7 Å². The van der Waals surface area contributed by atoms with Crippen LogP contribution in [0, 0.1) is 11.3 Å². The molecule has 0 aromatic heterocycles. The van der Waals surface area contributed by atoms with Gasteiger partial charge in [-0.15, -0.1) is 0 Å². The number of rotatable bonds is 3. The molecular weight excluding hydrogens is 274 g/mol. The minimum absolute atomic E-state index is 0.580. The summed E-state index contributed by atoms with van der Waals surface area (Å²) in [5.74, 6) is 0. The minimum atomic E-state index is -3.52. The fourth-order valence-electron chi connectivity index (χ4n) is 3.16. The Hall–Kier alpha value is -0.640. The summed E-state index contributed by atoms with van der Waals surface area (Å²) >= 11 is 0. The lowest BCUT2D eigenvalue weighted by Crippen LogP contribution is -2.54. The highest BCUT2D eigenvalue weighted by atomic mass is 32.2. The molecule has 1 saturated carbocycles. The molecule has 2 aliphatic rings. The summed E-state index contributed by atoms with van der Waals surface area (Å²) in [4.78, 5) is 0. The second-order valence-corrected chi connectivity index (χ2v) is 7.70. The van der Waals surface area contributed by atoms with E-state index >= 15 is 0 Å². The molecule has 1 aliphatic heterocycles. The van der Waals surface area contributed by atoms with E-state index in [1.165, 1.54) is 10.7 Å². The smallest absolute Gasteiger partial charge is 0.196 e. The van der Waals surface area contributed by atoms with E-state index in [-0.39, 0.29) is 0 Å². The monoisotopic (exact) mass is 299 g/mol. The van der Waals surface area contributed by atoms with Crippen LogP contribution < -0.4 is 4.72 Å². The van der Waals surface area contributed by atoms with Crippen LogP contribution >= 0.6 is 0 Å². The summed E-state index contributed by atoms with van der Waals surface area (Å²) in [5.41, 5.74) is -0.892. The first-order chi connectivity index (χ1) is 9.58. The van der Waals surface area contributed by atoms with Crippen LogP contribution in [0.2, 0.25) is 0 Å². The molecule has 2 fully saturated rings. The Morgan fingerprint density at radius 3 is 1.95 bits per heavy atom. The molecule has 1 saturated heterocycles. The van der Waals surface area contributed by atoms with Crippen molar-refractivity contribution in [3.63, 3.8) is 0 Å². The molecule has 0 aromatic carbocycles. The van der Waals surface area contributed by atoms with Crippen molar-refractivity contribution in [3.05, 3.63) is 0 Å².